The first kappa shape index (κ1) is 17.2. The largest absolute Gasteiger partial charge is 0.359 e. The van der Waals surface area contributed by atoms with Crippen LogP contribution in [0.25, 0.3) is 11.0 Å². The maximum Gasteiger partial charge on any atom is 0.244 e. The number of fused-ring (bicyclic) bond motifs is 1. The molecule has 0 spiro atoms. The second-order valence-electron chi connectivity index (χ2n) is 5.51. The van der Waals surface area contributed by atoms with Gasteiger partial charge in [0.1, 0.15) is 12.4 Å². The van der Waals surface area contributed by atoms with Crippen molar-refractivity contribution in [2.75, 3.05) is 12.4 Å². The molecule has 1 heterocycles. The fourth-order valence-corrected chi connectivity index (χ4v) is 2.81. The SMILES string of the molecule is CNC(=O)Cc1nc2ccccc2n1CC(=O)Nc1ccc(Br)cc1. The van der Waals surface area contributed by atoms with Crippen molar-refractivity contribution < 1.29 is 9.59 Å². The first-order valence-corrected chi connectivity index (χ1v) is 8.56. The Bertz CT molecular complexity index is 918. The minimum Gasteiger partial charge on any atom is -0.359 e. The average Bonchev–Trinajstić information content (AvgIpc) is 2.94. The highest BCUT2D eigenvalue weighted by atomic mass is 79.9. The van der Waals surface area contributed by atoms with E-state index in [0.717, 1.165) is 15.5 Å². The smallest absolute Gasteiger partial charge is 0.244 e. The molecule has 2 N–H and O–H groups in total. The van der Waals surface area contributed by atoms with Crippen LogP contribution in [0.1, 0.15) is 5.82 Å². The Morgan fingerprint density at radius 2 is 1.80 bits per heavy atom. The summed E-state index contributed by atoms with van der Waals surface area (Å²) in [6, 6.07) is 14.9. The van der Waals surface area contributed by atoms with E-state index in [9.17, 15) is 9.59 Å². The molecule has 0 radical (unpaired) electrons. The number of aromatic nitrogens is 2. The predicted octanol–water partition coefficient (Wildman–Crippen LogP) is 2.73. The van der Waals surface area contributed by atoms with Crippen LogP contribution in [0.4, 0.5) is 5.69 Å². The summed E-state index contributed by atoms with van der Waals surface area (Å²) in [6.45, 7) is 0.0862. The van der Waals surface area contributed by atoms with E-state index in [-0.39, 0.29) is 24.8 Å². The van der Waals surface area contributed by atoms with Gasteiger partial charge < -0.3 is 15.2 Å². The molecule has 7 heteroatoms. The Kier molecular flexibility index (Phi) is 5.14. The van der Waals surface area contributed by atoms with E-state index in [0.29, 0.717) is 11.5 Å². The summed E-state index contributed by atoms with van der Waals surface area (Å²) >= 11 is 3.36. The number of para-hydroxylation sites is 2. The maximum absolute atomic E-state index is 12.4. The van der Waals surface area contributed by atoms with Gasteiger partial charge in [0.05, 0.1) is 17.5 Å². The summed E-state index contributed by atoms with van der Waals surface area (Å²) in [5.41, 5.74) is 2.30. The standard InChI is InChI=1S/C18H17BrN4O2/c1-20-17(24)10-16-22-14-4-2-3-5-15(14)23(16)11-18(25)21-13-8-6-12(19)7-9-13/h2-9H,10-11H2,1H3,(H,20,24)(H,21,25). The third-order valence-electron chi connectivity index (χ3n) is 3.76. The lowest BCUT2D eigenvalue weighted by Gasteiger charge is -2.10. The first-order chi connectivity index (χ1) is 12.1. The van der Waals surface area contributed by atoms with E-state index in [1.165, 1.54) is 0 Å². The summed E-state index contributed by atoms with van der Waals surface area (Å²) in [6.07, 6.45) is 0.122. The topological polar surface area (TPSA) is 76.0 Å². The highest BCUT2D eigenvalue weighted by Crippen LogP contribution is 2.18. The Hall–Kier alpha value is -2.67. The molecule has 0 atom stereocenters. The van der Waals surface area contributed by atoms with Gasteiger partial charge in [0.25, 0.3) is 0 Å². The van der Waals surface area contributed by atoms with Crippen LogP contribution in [0.2, 0.25) is 0 Å². The molecule has 0 saturated carbocycles. The van der Waals surface area contributed by atoms with Crippen LogP contribution in [-0.4, -0.2) is 28.4 Å². The molecule has 6 nitrogen and oxygen atoms in total. The minimum atomic E-state index is -0.177. The first-order valence-electron chi connectivity index (χ1n) is 7.77. The van der Waals surface area contributed by atoms with Gasteiger partial charge in [-0.3, -0.25) is 9.59 Å². The number of carbonyl (C=O) groups is 2. The van der Waals surface area contributed by atoms with E-state index in [1.807, 2.05) is 48.5 Å². The lowest BCUT2D eigenvalue weighted by Crippen LogP contribution is -2.24. The van der Waals surface area contributed by atoms with Gasteiger partial charge in [0, 0.05) is 17.2 Å². The highest BCUT2D eigenvalue weighted by Gasteiger charge is 2.15. The molecule has 0 unspecified atom stereocenters. The number of hydrogen-bond donors (Lipinski definition) is 2. The molecule has 3 aromatic rings. The van der Waals surface area contributed by atoms with Gasteiger partial charge in [-0.2, -0.15) is 0 Å². The van der Waals surface area contributed by atoms with Crippen LogP contribution >= 0.6 is 15.9 Å². The predicted molar refractivity (Wildman–Crippen MR) is 100 cm³/mol. The number of benzene rings is 2. The number of anilines is 1. The number of halogens is 1. The molecule has 0 aliphatic heterocycles. The van der Waals surface area contributed by atoms with Gasteiger partial charge in [0.15, 0.2) is 0 Å². The van der Waals surface area contributed by atoms with Gasteiger partial charge in [-0.1, -0.05) is 28.1 Å². The van der Waals surface area contributed by atoms with Gasteiger partial charge in [-0.15, -0.1) is 0 Å². The average molecular weight is 401 g/mol. The summed E-state index contributed by atoms with van der Waals surface area (Å²) in [4.78, 5) is 28.7. The van der Waals surface area contributed by atoms with Crippen molar-refractivity contribution in [3.8, 4) is 0 Å². The summed E-state index contributed by atoms with van der Waals surface area (Å²) in [5.74, 6) is 0.236. The van der Waals surface area contributed by atoms with E-state index < -0.39 is 0 Å². The Balaban J connectivity index is 1.85. The molecule has 0 aliphatic rings. The van der Waals surface area contributed by atoms with Crippen LogP contribution in [0.5, 0.6) is 0 Å². The number of hydrogen-bond acceptors (Lipinski definition) is 3. The van der Waals surface area contributed by atoms with E-state index in [2.05, 4.69) is 31.5 Å². The van der Waals surface area contributed by atoms with Crippen LogP contribution < -0.4 is 10.6 Å². The molecular weight excluding hydrogens is 384 g/mol. The molecule has 1 aromatic heterocycles. The monoisotopic (exact) mass is 400 g/mol. The Labute approximate surface area is 153 Å². The lowest BCUT2D eigenvalue weighted by atomic mass is 10.3. The van der Waals surface area contributed by atoms with Gasteiger partial charge in [-0.25, -0.2) is 4.98 Å². The summed E-state index contributed by atoms with van der Waals surface area (Å²) in [7, 11) is 1.58. The summed E-state index contributed by atoms with van der Waals surface area (Å²) in [5, 5.41) is 5.44. The second kappa shape index (κ2) is 7.48. The number of rotatable bonds is 5. The Morgan fingerprint density at radius 3 is 2.52 bits per heavy atom. The van der Waals surface area contributed by atoms with E-state index >= 15 is 0 Å². The Morgan fingerprint density at radius 1 is 1.08 bits per heavy atom. The zero-order chi connectivity index (χ0) is 17.8. The molecule has 0 fully saturated rings. The minimum absolute atomic E-state index is 0.0862. The molecular formula is C18H17BrN4O2. The van der Waals surface area contributed by atoms with Gasteiger partial charge >= 0.3 is 0 Å². The number of nitrogens with one attached hydrogen (secondary N) is 2. The van der Waals surface area contributed by atoms with Crippen molar-refractivity contribution in [1.29, 1.82) is 0 Å². The van der Waals surface area contributed by atoms with Crippen molar-refractivity contribution in [2.24, 2.45) is 0 Å². The molecule has 0 bridgehead atoms. The van der Waals surface area contributed by atoms with Crippen LogP contribution in [-0.2, 0) is 22.6 Å². The molecule has 25 heavy (non-hydrogen) atoms. The number of likely N-dealkylation sites (N-methyl/N-ethyl adjacent to an activating group) is 1. The lowest BCUT2D eigenvalue weighted by molar-refractivity contribution is -0.120. The molecule has 0 saturated heterocycles. The van der Waals surface area contributed by atoms with Crippen molar-refractivity contribution in [3.05, 3.63) is 58.8 Å². The number of imidazole rings is 1. The van der Waals surface area contributed by atoms with Crippen molar-refractivity contribution in [3.63, 3.8) is 0 Å². The third-order valence-corrected chi connectivity index (χ3v) is 4.29. The van der Waals surface area contributed by atoms with Crippen molar-refractivity contribution in [1.82, 2.24) is 14.9 Å². The fourth-order valence-electron chi connectivity index (χ4n) is 2.55. The highest BCUT2D eigenvalue weighted by molar-refractivity contribution is 9.10. The molecule has 3 rings (SSSR count). The fraction of sp³-hybridized carbons (Fsp3) is 0.167. The van der Waals surface area contributed by atoms with Gasteiger partial charge in [-0.05, 0) is 36.4 Å². The number of nitrogens with zero attached hydrogens (tertiary/aromatic N) is 2. The summed E-state index contributed by atoms with van der Waals surface area (Å²) < 4.78 is 2.72. The zero-order valence-electron chi connectivity index (χ0n) is 13.6. The van der Waals surface area contributed by atoms with Crippen LogP contribution in [0, 0.1) is 0 Å². The quantitative estimate of drug-likeness (QED) is 0.691. The van der Waals surface area contributed by atoms with Crippen molar-refractivity contribution in [2.45, 2.75) is 13.0 Å². The second-order valence-corrected chi connectivity index (χ2v) is 6.42. The number of amides is 2. The van der Waals surface area contributed by atoms with E-state index in [1.54, 1.807) is 11.6 Å². The molecule has 128 valence electrons. The maximum atomic E-state index is 12.4. The van der Waals surface area contributed by atoms with Crippen molar-refractivity contribution >= 4 is 44.5 Å². The van der Waals surface area contributed by atoms with E-state index in [4.69, 9.17) is 0 Å². The van der Waals surface area contributed by atoms with Crippen LogP contribution in [0.3, 0.4) is 0 Å². The molecule has 2 amide bonds. The third kappa shape index (κ3) is 4.06. The zero-order valence-corrected chi connectivity index (χ0v) is 15.2. The van der Waals surface area contributed by atoms with Crippen LogP contribution in [0.15, 0.2) is 53.0 Å². The molecule has 0 aliphatic carbocycles. The normalized spacial score (nSPS) is 10.6. The van der Waals surface area contributed by atoms with Gasteiger partial charge in [0.2, 0.25) is 11.8 Å². The number of carbonyl (C=O) groups excluding carboxylic acids is 2. The molecule has 2 aromatic carbocycles.